The van der Waals surface area contributed by atoms with E-state index in [4.69, 9.17) is 36.3 Å². The first-order chi connectivity index (χ1) is 57.0. The van der Waals surface area contributed by atoms with Gasteiger partial charge in [-0.1, -0.05) is 257 Å². The fraction of sp³-hybridized carbons (Fsp3) is 0.720. The lowest BCUT2D eigenvalue weighted by molar-refractivity contribution is -0.151. The van der Waals surface area contributed by atoms with Gasteiger partial charge in [-0.3, -0.25) is 9.59 Å². The van der Waals surface area contributed by atoms with Gasteiger partial charge in [-0.2, -0.15) is 12.6 Å². The number of halogens is 4. The Hall–Kier alpha value is -1.66. The number of aliphatic hydroxyl groups excluding tert-OH is 2. The van der Waals surface area contributed by atoms with Crippen LogP contribution in [0.2, 0.25) is 0 Å². The molecule has 9 saturated carbocycles. The summed E-state index contributed by atoms with van der Waals surface area (Å²) in [7, 11) is 0. The monoisotopic (exact) mass is 2140 g/mol. The van der Waals surface area contributed by atoms with E-state index >= 15 is 0 Å². The predicted octanol–water partition coefficient (Wildman–Crippen LogP) is 25.7. The minimum atomic E-state index is -0.527. The van der Waals surface area contributed by atoms with Gasteiger partial charge in [0.15, 0.2) is 37.6 Å². The van der Waals surface area contributed by atoms with Crippen molar-refractivity contribution in [1.82, 2.24) is 0 Å². The van der Waals surface area contributed by atoms with Crippen molar-refractivity contribution in [2.75, 3.05) is 19.8 Å². The number of carbonyl (C=O) groups is 2. The lowest BCUT2D eigenvalue weighted by atomic mass is 9.61. The van der Waals surface area contributed by atoms with Crippen LogP contribution in [-0.2, 0) is 70.9 Å². The summed E-state index contributed by atoms with van der Waals surface area (Å²) >= 11 is 17.9. The Morgan fingerprint density at radius 1 is 0.445 bits per heavy atom. The summed E-state index contributed by atoms with van der Waals surface area (Å²) in [4.78, 5) is 23.3. The lowest BCUT2D eigenvalue weighted by Gasteiger charge is -2.44. The zero-order valence-electron chi connectivity index (χ0n) is 74.1. The molecule has 19 heteroatoms. The van der Waals surface area contributed by atoms with E-state index in [9.17, 15) is 19.8 Å². The first-order valence-corrected chi connectivity index (χ1v) is 51.4. The Morgan fingerprint density at radius 3 is 1.20 bits per heavy atom. The summed E-state index contributed by atoms with van der Waals surface area (Å²) in [5, 5.41) is 20.4. The minimum absolute atomic E-state index is 0.0346. The zero-order valence-corrected chi connectivity index (χ0v) is 85.2. The highest BCUT2D eigenvalue weighted by atomic mass is 127. The van der Waals surface area contributed by atoms with E-state index in [0.29, 0.717) is 108 Å². The number of hydrogen-bond donors (Lipinski definition) is 2. The quantitative estimate of drug-likeness (QED) is 0.0955. The number of carbonyl (C=O) groups excluding carboxylic acids is 2. The predicted molar refractivity (Wildman–Crippen MR) is 523 cm³/mol. The molecule has 27 atom stereocenters. The molecule has 12 nitrogen and oxygen atoms in total. The summed E-state index contributed by atoms with van der Waals surface area (Å²) in [6.45, 7) is 38.6. The van der Waals surface area contributed by atoms with Gasteiger partial charge in [0, 0.05) is 33.1 Å². The molecule has 662 valence electrons. The number of aliphatic hydroxyl groups is 2. The number of esters is 2. The van der Waals surface area contributed by atoms with Gasteiger partial charge in [-0.15, -0.1) is 0 Å². The van der Waals surface area contributed by atoms with Crippen molar-refractivity contribution in [3.63, 3.8) is 0 Å². The van der Waals surface area contributed by atoms with Crippen LogP contribution in [0.25, 0.3) is 0 Å². The number of allylic oxidation sites excluding steroid dienone is 12. The van der Waals surface area contributed by atoms with Crippen LogP contribution in [0, 0.1) is 116 Å². The van der Waals surface area contributed by atoms with Crippen LogP contribution in [0.15, 0.2) is 144 Å². The topological polar surface area (TPSA) is 172 Å². The van der Waals surface area contributed by atoms with E-state index in [1.54, 1.807) is 27.9 Å². The van der Waals surface area contributed by atoms with Gasteiger partial charge in [0.25, 0.3) is 0 Å². The van der Waals surface area contributed by atoms with E-state index in [2.05, 4.69) is 289 Å². The van der Waals surface area contributed by atoms with Crippen molar-refractivity contribution in [1.29, 1.82) is 0 Å². The van der Waals surface area contributed by atoms with Gasteiger partial charge in [0.2, 0.25) is 0 Å². The molecule has 0 saturated heterocycles. The van der Waals surface area contributed by atoms with Crippen LogP contribution in [-0.4, -0.2) is 97.3 Å². The fourth-order valence-corrected chi connectivity index (χ4v) is 30.0. The van der Waals surface area contributed by atoms with Gasteiger partial charge >= 0.3 is 11.9 Å². The number of fused-ring (bicyclic) bond motifs is 4. The Labute approximate surface area is 788 Å². The Balaban J connectivity index is 0.000000177. The molecule has 15 rings (SSSR count). The van der Waals surface area contributed by atoms with E-state index < -0.39 is 12.2 Å². The van der Waals surface area contributed by atoms with Crippen molar-refractivity contribution in [3.8, 4) is 0 Å². The maximum Gasteiger partial charge on any atom is 0.303 e. The Kier molecular flexibility index (Phi) is 39.5. The van der Waals surface area contributed by atoms with Crippen LogP contribution < -0.4 is 0 Å². The molecule has 12 aliphatic carbocycles. The van der Waals surface area contributed by atoms with Gasteiger partial charge in [-0.25, -0.2) is 0 Å². The van der Waals surface area contributed by atoms with Gasteiger partial charge in [0.1, 0.15) is 12.2 Å². The normalized spacial score (nSPS) is 40.4. The average Bonchev–Trinajstić information content (AvgIpc) is 1.62. The zero-order chi connectivity index (χ0) is 87.0. The van der Waals surface area contributed by atoms with E-state index in [1.807, 2.05) is 0 Å². The van der Waals surface area contributed by atoms with Crippen molar-refractivity contribution in [2.24, 2.45) is 116 Å². The van der Waals surface area contributed by atoms with Crippen LogP contribution >= 0.6 is 90.4 Å². The largest absolute Gasteiger partial charge is 0.462 e. The van der Waals surface area contributed by atoms with Crippen LogP contribution in [0.5, 0.6) is 0 Å². The lowest BCUT2D eigenvalue weighted by Crippen LogP contribution is -2.36. The summed E-state index contributed by atoms with van der Waals surface area (Å²) < 4.78 is 62.2. The Morgan fingerprint density at radius 2 is 0.798 bits per heavy atom. The number of hydrogen-bond acceptors (Lipinski definition) is 15. The highest BCUT2D eigenvalue weighted by molar-refractivity contribution is 14.1. The molecule has 2 N–H and O–H groups in total. The first-order valence-electron chi connectivity index (χ1n) is 45.5. The van der Waals surface area contributed by atoms with Crippen LogP contribution in [0.3, 0.4) is 0 Å². The summed E-state index contributed by atoms with van der Waals surface area (Å²) in [6, 6.07) is 0. The SMILES string of the molecule is C=C1/C(=C/C=C2\CCC[C@]3(C)[C@@H]([C@H](C)/C=C/I)CC[C@@H]23)C[C@@H](C)C[C@@H]1C.CC(=O)O[C@@H]1CC2=C(COC2/C=C2\CCC[C@]3(C)[C@@H]([C@H](C)/C=C/I)CC[C@@H]23)[C@@H](OC(C)=O)C1.C[C@@H]1CC2=C(COC2/C=C2\CCC[C@]3(C)[C@@H]([C@H](C)/C=C/I)CC[C@@H]23)[C@@H](C)C1.C[C@H](/C=C/I)[C@H]1CC[C@H]2/C(=C/C3OCC4=C3C[C@@H](O)C[C@@H]4O)CCC[C@]12C.O=S.O=S.O=S. The van der Waals surface area contributed by atoms with Crippen LogP contribution in [0.4, 0.5) is 0 Å². The third-order valence-electron chi connectivity index (χ3n) is 32.9. The first kappa shape index (κ1) is 101. The highest BCUT2D eigenvalue weighted by Gasteiger charge is 2.55. The van der Waals surface area contributed by atoms with Gasteiger partial charge in [0.05, 0.1) is 50.3 Å². The molecule has 119 heavy (non-hydrogen) atoms. The molecule has 3 unspecified atom stereocenters. The summed E-state index contributed by atoms with van der Waals surface area (Å²) in [5.41, 5.74) is 18.9. The molecule has 0 aromatic carbocycles. The second-order valence-corrected chi connectivity index (χ2v) is 42.8. The summed E-state index contributed by atoms with van der Waals surface area (Å²) in [5.74, 6) is 11.0. The standard InChI is InChI=1S/C27H37IO5.C25H37IO.C25H37I.C23H33IO3.3OS/c1-16(9-11-28)23-7-8-24-19(6-5-10-27(23,24)4)12-25-21-13-20(32-17(2)29)14-26(33-18(3)30)22(21)15-31-25;1-16-12-18(3)21-15-27-24(20(21)13-16)14-19-6-5-10-25(4)22(7-8-23(19)25)17(2)9-11-26;1-17-15-19(3)20(4)22(16-17)9-8-21-7-6-13-25(5)23(10-11-24(21)25)18(2)12-14-26;1-14(7-9-24)19-5-6-20-15(4-3-8-23(19,20)2)10-22-17-11-16(25)12-21(26)18(17)13-27-22;3*1-2/h9,11-12,16,20,23-26H,5-8,10,13-15H2,1-4H3;9,11,14,16-18,22-24H,5-8,10,12-13,15H2,1-4H3;8-9,12,14,17-19,23-24H,4,6-7,10-11,13,15-16H2,1-3,5H3;7,9-10,14,16,19-22,25-26H,3-6,8,11-13H2,1-2H3;;;/b11-9+,19-12+;11-9+,19-14+;14-12+,21-8+,22-9+;9-7+,15-10+;;;/t16-,20-,23-,24+,25?,26+,27-;16-,17+,18-,22+,23-,24?,25+;17-,18+,19-,23+,24-,25+;14-,16-,19-,20+,21+,22?,23-;;;/m1001.../s1. The molecule has 0 radical (unpaired) electrons. The minimum Gasteiger partial charge on any atom is -0.462 e. The molecule has 0 spiro atoms. The maximum atomic E-state index is 11.7. The van der Waals surface area contributed by atoms with Crippen molar-refractivity contribution in [2.45, 2.75) is 319 Å². The van der Waals surface area contributed by atoms with Crippen LogP contribution in [0.1, 0.15) is 277 Å². The van der Waals surface area contributed by atoms with E-state index in [-0.39, 0.29) is 42.5 Å². The van der Waals surface area contributed by atoms with E-state index in [1.165, 1.54) is 178 Å². The molecule has 3 aliphatic heterocycles. The molecule has 0 amide bonds. The summed E-state index contributed by atoms with van der Waals surface area (Å²) in [6.07, 6.45) is 54.1. The van der Waals surface area contributed by atoms with Gasteiger partial charge < -0.3 is 33.9 Å². The average molecular weight is 2140 g/mol. The molecule has 3 heterocycles. The third kappa shape index (κ3) is 23.5. The molecule has 15 aliphatic rings. The number of ether oxygens (including phenoxy) is 5. The maximum absolute atomic E-state index is 11.7. The number of rotatable bonds is 14. The fourth-order valence-electron chi connectivity index (χ4n) is 27.4. The second kappa shape index (κ2) is 46.6. The smallest absolute Gasteiger partial charge is 0.303 e. The Bertz CT molecular complexity index is 3750. The molecular weight excluding hydrogens is 2000 g/mol. The molecule has 0 aromatic heterocycles. The molecular formula is C100H144I4O12S3. The van der Waals surface area contributed by atoms with Crippen molar-refractivity contribution >= 4 is 140 Å². The molecule has 0 bridgehead atoms. The highest BCUT2D eigenvalue weighted by Crippen LogP contribution is 2.64. The second-order valence-electron chi connectivity index (χ2n) is 39.9. The van der Waals surface area contributed by atoms with Gasteiger partial charge in [-0.05, 0) is 338 Å². The third-order valence-corrected chi connectivity index (χ3v) is 34.5. The van der Waals surface area contributed by atoms with Crippen molar-refractivity contribution in [3.05, 3.63) is 144 Å². The molecule has 0 aromatic rings. The van der Waals surface area contributed by atoms with Crippen molar-refractivity contribution < 1.29 is 56.1 Å². The van der Waals surface area contributed by atoms with E-state index in [0.717, 1.165) is 82.7 Å². The molecule has 9 fully saturated rings.